The van der Waals surface area contributed by atoms with Crippen molar-refractivity contribution < 1.29 is 5.11 Å². The Bertz CT molecular complexity index is 1320. The summed E-state index contributed by atoms with van der Waals surface area (Å²) in [6, 6.07) is 16.1. The standard InChI is InChI=1S/C17H13N3O.C5H2N3.3CH3.Sn/c18-9-17-19-10-16(11-20-17)15-4-3-13-7-12(5-6-21)1-2-14(13)8-15;6-4-5-7-2-1-3-8-5;;;;/h1-4,7-8,10-11,21H,5-6H2;2-3H;3*1H3;. The Morgan fingerprint density at radius 1 is 0.758 bits per heavy atom. The Morgan fingerprint density at radius 3 is 1.85 bits per heavy atom. The zero-order chi connectivity index (χ0) is 23.8. The monoisotopic (exact) mass is 544 g/mol. The number of hydrogen-bond donors (Lipinski definition) is 1. The van der Waals surface area contributed by atoms with E-state index in [0.717, 1.165) is 27.5 Å². The molecule has 0 aliphatic heterocycles. The Balaban J connectivity index is 0.000000218. The van der Waals surface area contributed by atoms with Crippen molar-refractivity contribution >= 4 is 32.7 Å². The van der Waals surface area contributed by atoms with E-state index in [1.807, 2.05) is 36.4 Å². The number of hydrogen-bond acceptors (Lipinski definition) is 7. The van der Waals surface area contributed by atoms with Gasteiger partial charge in [-0.1, -0.05) is 30.3 Å². The van der Waals surface area contributed by atoms with E-state index in [4.69, 9.17) is 15.6 Å². The summed E-state index contributed by atoms with van der Waals surface area (Å²) in [6.45, 7) is 0.159. The van der Waals surface area contributed by atoms with Gasteiger partial charge in [0.05, 0.1) is 0 Å². The van der Waals surface area contributed by atoms with Crippen LogP contribution >= 0.6 is 0 Å². The zero-order valence-corrected chi connectivity index (χ0v) is 21.7. The second-order valence-electron chi connectivity index (χ2n) is 8.43. The third kappa shape index (κ3) is 6.55. The SMILES string of the molecule is N#Cc1ncc(-c2ccc3cc(CCO)ccc3c2)cn1.[CH3][Sn]([CH3])([CH3])[c]1cnc(C#N)nc1. The molecule has 4 aromatic rings. The van der Waals surface area contributed by atoms with E-state index in [1.54, 1.807) is 24.8 Å². The maximum atomic E-state index is 8.99. The van der Waals surface area contributed by atoms with E-state index in [-0.39, 0.29) is 18.3 Å². The second-order valence-corrected chi connectivity index (χ2v) is 22.9. The quantitative estimate of drug-likeness (QED) is 0.391. The molecule has 8 heteroatoms. The molecule has 2 heterocycles. The topological polar surface area (TPSA) is 119 Å². The molecule has 0 radical (unpaired) electrons. The summed E-state index contributed by atoms with van der Waals surface area (Å²) < 4.78 is 1.25. The molecular weight excluding hydrogens is 519 g/mol. The van der Waals surface area contributed by atoms with Crippen LogP contribution in [0.3, 0.4) is 0 Å². The van der Waals surface area contributed by atoms with Gasteiger partial charge in [-0.05, 0) is 34.4 Å². The zero-order valence-electron chi connectivity index (χ0n) is 18.8. The molecule has 164 valence electrons. The van der Waals surface area contributed by atoms with Crippen molar-refractivity contribution in [2.45, 2.75) is 21.2 Å². The van der Waals surface area contributed by atoms with Crippen LogP contribution in [0, 0.1) is 22.7 Å². The van der Waals surface area contributed by atoms with Crippen molar-refractivity contribution in [2.24, 2.45) is 0 Å². The van der Waals surface area contributed by atoms with Crippen molar-refractivity contribution in [2.75, 3.05) is 6.61 Å². The molecular formula is C25H24N6OSn. The van der Waals surface area contributed by atoms with E-state index in [2.05, 4.69) is 46.9 Å². The van der Waals surface area contributed by atoms with Gasteiger partial charge in [-0.25, -0.2) is 9.97 Å². The molecule has 0 atom stereocenters. The van der Waals surface area contributed by atoms with Gasteiger partial charge in [0.1, 0.15) is 6.07 Å². The van der Waals surface area contributed by atoms with Crippen LogP contribution in [0.25, 0.3) is 21.9 Å². The van der Waals surface area contributed by atoms with Crippen LogP contribution in [0.1, 0.15) is 17.2 Å². The average Bonchev–Trinajstić information content (AvgIpc) is 2.84. The molecule has 0 saturated heterocycles. The van der Waals surface area contributed by atoms with Gasteiger partial charge in [-0.3, -0.25) is 0 Å². The van der Waals surface area contributed by atoms with Crippen LogP contribution < -0.4 is 3.58 Å². The summed E-state index contributed by atoms with van der Waals surface area (Å²) in [5.41, 5.74) is 3.02. The van der Waals surface area contributed by atoms with Crippen molar-refractivity contribution in [1.82, 2.24) is 19.9 Å². The molecule has 0 spiro atoms. The summed E-state index contributed by atoms with van der Waals surface area (Å²) in [5.74, 6) is 0.433. The van der Waals surface area contributed by atoms with Crippen molar-refractivity contribution in [1.29, 1.82) is 10.5 Å². The van der Waals surface area contributed by atoms with Gasteiger partial charge in [0.25, 0.3) is 0 Å². The van der Waals surface area contributed by atoms with E-state index in [1.165, 1.54) is 3.58 Å². The molecule has 0 aliphatic carbocycles. The Hall–Kier alpha value is -3.40. The fourth-order valence-corrected chi connectivity index (χ4v) is 5.65. The Morgan fingerprint density at radius 2 is 1.30 bits per heavy atom. The normalized spacial score (nSPS) is 10.6. The fraction of sp³-hybridized carbons (Fsp3) is 0.200. The molecule has 2 aromatic carbocycles. The van der Waals surface area contributed by atoms with E-state index >= 15 is 0 Å². The Kier molecular flexibility index (Phi) is 8.05. The van der Waals surface area contributed by atoms with Crippen LogP contribution in [0.15, 0.2) is 61.2 Å². The number of aliphatic hydroxyl groups excluding tert-OH is 1. The van der Waals surface area contributed by atoms with E-state index in [0.29, 0.717) is 6.42 Å². The molecule has 0 bridgehead atoms. The number of benzene rings is 2. The second kappa shape index (κ2) is 11.0. The van der Waals surface area contributed by atoms with Gasteiger partial charge >= 0.3 is 76.3 Å². The predicted molar refractivity (Wildman–Crippen MR) is 130 cm³/mol. The van der Waals surface area contributed by atoms with Crippen LogP contribution in [0.5, 0.6) is 0 Å². The number of aliphatic hydroxyl groups is 1. The van der Waals surface area contributed by atoms with E-state index in [9.17, 15) is 0 Å². The van der Waals surface area contributed by atoms with Crippen molar-refractivity contribution in [3.63, 3.8) is 0 Å². The molecule has 4 rings (SSSR count). The first kappa shape index (κ1) is 24.2. The first-order chi connectivity index (χ1) is 15.8. The summed E-state index contributed by atoms with van der Waals surface area (Å²) in [4.78, 5) is 22.7. The van der Waals surface area contributed by atoms with Crippen molar-refractivity contribution in [3.8, 4) is 23.3 Å². The van der Waals surface area contributed by atoms with Crippen LogP contribution in [0.4, 0.5) is 0 Å². The van der Waals surface area contributed by atoms with Gasteiger partial charge in [0, 0.05) is 24.6 Å². The minimum absolute atomic E-state index is 0.159. The summed E-state index contributed by atoms with van der Waals surface area (Å²) >= 11 is -2.00. The first-order valence-electron chi connectivity index (χ1n) is 10.4. The fourth-order valence-electron chi connectivity index (χ4n) is 3.07. The maximum absolute atomic E-state index is 8.99. The molecule has 0 saturated carbocycles. The molecule has 0 amide bonds. The molecule has 33 heavy (non-hydrogen) atoms. The van der Waals surface area contributed by atoms with Crippen LogP contribution in [0.2, 0.25) is 14.8 Å². The molecule has 2 aromatic heterocycles. The molecule has 1 N–H and O–H groups in total. The molecule has 0 fully saturated rings. The number of nitriles is 2. The molecule has 0 aliphatic rings. The summed E-state index contributed by atoms with van der Waals surface area (Å²) in [5, 5.41) is 28.4. The summed E-state index contributed by atoms with van der Waals surface area (Å²) in [7, 11) is 0. The number of fused-ring (bicyclic) bond motifs is 1. The molecule has 7 nitrogen and oxygen atoms in total. The van der Waals surface area contributed by atoms with E-state index < -0.39 is 18.4 Å². The summed E-state index contributed by atoms with van der Waals surface area (Å²) in [6.07, 6.45) is 7.57. The van der Waals surface area contributed by atoms with Crippen LogP contribution in [-0.2, 0) is 6.42 Å². The predicted octanol–water partition coefficient (Wildman–Crippen LogP) is 3.60. The van der Waals surface area contributed by atoms with Gasteiger partial charge in [-0.2, -0.15) is 5.26 Å². The van der Waals surface area contributed by atoms with Gasteiger partial charge < -0.3 is 5.11 Å². The van der Waals surface area contributed by atoms with Crippen molar-refractivity contribution in [3.05, 3.63) is 78.4 Å². The van der Waals surface area contributed by atoms with Gasteiger partial charge in [-0.15, -0.1) is 0 Å². The third-order valence-electron chi connectivity index (χ3n) is 5.01. The minimum atomic E-state index is -2.00. The third-order valence-corrected chi connectivity index (χ3v) is 10.7. The van der Waals surface area contributed by atoms with Gasteiger partial charge in [0.15, 0.2) is 0 Å². The molecule has 0 unspecified atom stereocenters. The van der Waals surface area contributed by atoms with Gasteiger partial charge in [0.2, 0.25) is 5.82 Å². The average molecular weight is 543 g/mol. The first-order valence-corrected chi connectivity index (χ1v) is 20.4. The number of nitrogens with zero attached hydrogens (tertiary/aromatic N) is 6. The van der Waals surface area contributed by atoms with Crippen LogP contribution in [-0.4, -0.2) is 50.0 Å². The number of aromatic nitrogens is 4. The Labute approximate surface area is 197 Å². The number of rotatable bonds is 4.